The van der Waals surface area contributed by atoms with Gasteiger partial charge in [-0.05, 0) is 60.5 Å². The van der Waals surface area contributed by atoms with Crippen molar-refractivity contribution in [3.05, 3.63) is 70.4 Å². The number of aliphatic imine (C=N–C) groups is 1. The first-order valence-corrected chi connectivity index (χ1v) is 10.7. The van der Waals surface area contributed by atoms with Gasteiger partial charge in [-0.1, -0.05) is 24.3 Å². The Bertz CT molecular complexity index is 1050. The molecule has 1 amide bonds. The van der Waals surface area contributed by atoms with E-state index < -0.39 is 11.8 Å². The third-order valence-corrected chi connectivity index (χ3v) is 6.00. The van der Waals surface area contributed by atoms with Crippen LogP contribution in [-0.2, 0) is 14.3 Å². The highest BCUT2D eigenvalue weighted by Crippen LogP contribution is 2.35. The fourth-order valence-corrected chi connectivity index (χ4v) is 4.38. The number of benzene rings is 2. The Hall–Kier alpha value is -2.97. The maximum atomic E-state index is 14.2. The Kier molecular flexibility index (Phi) is 6.48. The van der Waals surface area contributed by atoms with Gasteiger partial charge in [-0.3, -0.25) is 9.69 Å². The lowest BCUT2D eigenvalue weighted by Gasteiger charge is -2.19. The number of esters is 1. The van der Waals surface area contributed by atoms with E-state index in [1.807, 2.05) is 0 Å². The molecule has 2 aliphatic heterocycles. The summed E-state index contributed by atoms with van der Waals surface area (Å²) in [5.74, 6) is -1.07. The number of thioether (sulfide) groups is 1. The minimum Gasteiger partial charge on any atom is -0.465 e. The molecule has 0 saturated carbocycles. The fourth-order valence-electron chi connectivity index (χ4n) is 3.37. The molecule has 0 spiro atoms. The number of carbonyl (C=O) groups is 2. The summed E-state index contributed by atoms with van der Waals surface area (Å²) in [7, 11) is 1.32. The Labute approximate surface area is 183 Å². The molecule has 6 nitrogen and oxygen atoms in total. The first-order chi connectivity index (χ1) is 15.0. The quantitative estimate of drug-likeness (QED) is 0.509. The molecule has 0 bridgehead atoms. The molecule has 2 fully saturated rings. The second-order valence-corrected chi connectivity index (χ2v) is 8.13. The van der Waals surface area contributed by atoms with Crippen LogP contribution in [0.5, 0.6) is 0 Å². The average molecular weight is 440 g/mol. The van der Waals surface area contributed by atoms with E-state index in [1.54, 1.807) is 53.4 Å². The van der Waals surface area contributed by atoms with Crippen molar-refractivity contribution in [1.29, 1.82) is 0 Å². The molecule has 160 valence electrons. The van der Waals surface area contributed by atoms with Crippen LogP contribution >= 0.6 is 11.8 Å². The number of amidine groups is 1. The topological polar surface area (TPSA) is 68.2 Å². The summed E-state index contributed by atoms with van der Waals surface area (Å²) in [4.78, 5) is 31.2. The molecular weight excluding hydrogens is 419 g/mol. The Morgan fingerprint density at radius 3 is 2.74 bits per heavy atom. The van der Waals surface area contributed by atoms with E-state index in [0.717, 1.165) is 18.4 Å². The molecule has 1 unspecified atom stereocenters. The third kappa shape index (κ3) is 4.86. The van der Waals surface area contributed by atoms with E-state index in [2.05, 4.69) is 4.99 Å². The number of carbonyl (C=O) groups excluding carboxylic acids is 2. The Balaban J connectivity index is 1.63. The van der Waals surface area contributed by atoms with Crippen LogP contribution in [-0.4, -0.2) is 48.3 Å². The fraction of sp³-hybridized carbons (Fsp3) is 0.261. The van der Waals surface area contributed by atoms with Gasteiger partial charge in [0.05, 0.1) is 30.2 Å². The summed E-state index contributed by atoms with van der Waals surface area (Å²) >= 11 is 1.20. The monoisotopic (exact) mass is 440 g/mol. The summed E-state index contributed by atoms with van der Waals surface area (Å²) in [6.45, 7) is 1.05. The lowest BCUT2D eigenvalue weighted by Crippen LogP contribution is -2.36. The summed E-state index contributed by atoms with van der Waals surface area (Å²) in [6.07, 6.45) is 3.50. The predicted molar refractivity (Wildman–Crippen MR) is 118 cm³/mol. The minimum absolute atomic E-state index is 0.0611. The average Bonchev–Trinajstić information content (AvgIpc) is 3.40. The molecule has 2 heterocycles. The van der Waals surface area contributed by atoms with Crippen molar-refractivity contribution < 1.29 is 23.5 Å². The smallest absolute Gasteiger partial charge is 0.337 e. The number of ether oxygens (including phenoxy) is 2. The lowest BCUT2D eigenvalue weighted by molar-refractivity contribution is -0.123. The van der Waals surface area contributed by atoms with Crippen molar-refractivity contribution in [3.8, 4) is 0 Å². The maximum Gasteiger partial charge on any atom is 0.337 e. The number of halogens is 1. The lowest BCUT2D eigenvalue weighted by atomic mass is 10.1. The van der Waals surface area contributed by atoms with Crippen LogP contribution in [0.1, 0.15) is 28.8 Å². The normalized spacial score (nSPS) is 21.3. The highest BCUT2D eigenvalue weighted by molar-refractivity contribution is 8.18. The molecule has 1 atom stereocenters. The molecule has 0 radical (unpaired) electrons. The number of rotatable bonds is 5. The van der Waals surface area contributed by atoms with Crippen molar-refractivity contribution in [2.45, 2.75) is 18.9 Å². The van der Waals surface area contributed by atoms with E-state index >= 15 is 0 Å². The summed E-state index contributed by atoms with van der Waals surface area (Å²) in [6, 6.07) is 13.0. The molecule has 8 heteroatoms. The summed E-state index contributed by atoms with van der Waals surface area (Å²) in [5, 5.41) is 0.419. The van der Waals surface area contributed by atoms with Crippen LogP contribution in [0.4, 0.5) is 10.1 Å². The van der Waals surface area contributed by atoms with Crippen molar-refractivity contribution >= 4 is 40.6 Å². The van der Waals surface area contributed by atoms with E-state index in [4.69, 9.17) is 9.47 Å². The van der Waals surface area contributed by atoms with Crippen molar-refractivity contribution in [3.63, 3.8) is 0 Å². The predicted octanol–water partition coefficient (Wildman–Crippen LogP) is 4.40. The van der Waals surface area contributed by atoms with Crippen LogP contribution in [0.15, 0.2) is 58.4 Å². The maximum absolute atomic E-state index is 14.2. The second-order valence-electron chi connectivity index (χ2n) is 7.12. The van der Waals surface area contributed by atoms with Gasteiger partial charge in [-0.15, -0.1) is 0 Å². The first-order valence-electron chi connectivity index (χ1n) is 9.90. The third-order valence-electron chi connectivity index (χ3n) is 5.00. The van der Waals surface area contributed by atoms with Gasteiger partial charge in [0.1, 0.15) is 11.5 Å². The highest BCUT2D eigenvalue weighted by atomic mass is 32.2. The van der Waals surface area contributed by atoms with Crippen LogP contribution < -0.4 is 0 Å². The van der Waals surface area contributed by atoms with Gasteiger partial charge in [0.25, 0.3) is 5.91 Å². The van der Waals surface area contributed by atoms with E-state index in [0.29, 0.717) is 28.8 Å². The number of methoxy groups -OCH3 is 1. The summed E-state index contributed by atoms with van der Waals surface area (Å²) < 4.78 is 24.5. The van der Waals surface area contributed by atoms with Crippen LogP contribution in [0.2, 0.25) is 0 Å². The first kappa shape index (κ1) is 21.3. The molecule has 2 aromatic rings. The van der Waals surface area contributed by atoms with Crippen LogP contribution in [0, 0.1) is 5.82 Å². The van der Waals surface area contributed by atoms with Gasteiger partial charge in [-0.2, -0.15) is 0 Å². The van der Waals surface area contributed by atoms with Gasteiger partial charge in [0.2, 0.25) is 0 Å². The molecule has 0 aromatic heterocycles. The van der Waals surface area contributed by atoms with Crippen molar-refractivity contribution in [1.82, 2.24) is 4.90 Å². The van der Waals surface area contributed by atoms with Crippen molar-refractivity contribution in [2.75, 3.05) is 20.3 Å². The van der Waals surface area contributed by atoms with Gasteiger partial charge in [0, 0.05) is 6.61 Å². The van der Waals surface area contributed by atoms with E-state index in [1.165, 1.54) is 24.9 Å². The zero-order valence-electron chi connectivity index (χ0n) is 16.9. The Morgan fingerprint density at radius 1 is 1.29 bits per heavy atom. The van der Waals surface area contributed by atoms with Crippen molar-refractivity contribution in [2.24, 2.45) is 4.99 Å². The number of hydrogen-bond donors (Lipinski definition) is 0. The molecule has 2 aliphatic rings. The highest BCUT2D eigenvalue weighted by Gasteiger charge is 2.36. The van der Waals surface area contributed by atoms with E-state index in [-0.39, 0.29) is 17.7 Å². The molecule has 2 aromatic carbocycles. The standard InChI is InChI=1S/C23H21FN2O4S/c1-29-22(28)16-10-8-15(9-11-16)13-20-21(27)26(14-17-5-4-12-30-17)23(31-20)25-19-7-3-2-6-18(19)24/h2-3,6-11,13,17H,4-5,12,14H2,1H3. The zero-order chi connectivity index (χ0) is 21.8. The zero-order valence-corrected chi connectivity index (χ0v) is 17.7. The number of para-hydroxylation sites is 1. The summed E-state index contributed by atoms with van der Waals surface area (Å²) in [5.41, 5.74) is 1.36. The molecule has 31 heavy (non-hydrogen) atoms. The number of amides is 1. The SMILES string of the molecule is COC(=O)c1ccc(C=C2SC(=Nc3ccccc3F)N(CC3CCCO3)C2=O)cc1. The number of nitrogens with zero attached hydrogens (tertiary/aromatic N) is 2. The second kappa shape index (κ2) is 9.45. The Morgan fingerprint density at radius 2 is 2.06 bits per heavy atom. The number of hydrogen-bond acceptors (Lipinski definition) is 6. The van der Waals surface area contributed by atoms with Gasteiger partial charge < -0.3 is 9.47 Å². The molecular formula is C23H21FN2O4S. The van der Waals surface area contributed by atoms with Crippen LogP contribution in [0.3, 0.4) is 0 Å². The van der Waals surface area contributed by atoms with Crippen LogP contribution in [0.25, 0.3) is 6.08 Å². The molecule has 0 aliphatic carbocycles. The van der Waals surface area contributed by atoms with Gasteiger partial charge in [0.15, 0.2) is 5.17 Å². The minimum atomic E-state index is -0.448. The molecule has 2 saturated heterocycles. The molecule has 4 rings (SSSR count). The van der Waals surface area contributed by atoms with E-state index in [9.17, 15) is 14.0 Å². The molecule has 0 N–H and O–H groups in total. The van der Waals surface area contributed by atoms with Gasteiger partial charge >= 0.3 is 5.97 Å². The largest absolute Gasteiger partial charge is 0.465 e. The van der Waals surface area contributed by atoms with Gasteiger partial charge in [-0.25, -0.2) is 14.2 Å².